The molecule has 2 aromatic rings. The molecule has 1 saturated heterocycles. The first-order valence-corrected chi connectivity index (χ1v) is 12.9. The highest BCUT2D eigenvalue weighted by atomic mass is 16.6. The molecule has 0 spiro atoms. The minimum atomic E-state index is -0.730. The Bertz CT molecular complexity index is 1280. The molecule has 4 aliphatic carbocycles. The van der Waals surface area contributed by atoms with Crippen LogP contribution < -0.4 is 19.7 Å². The Morgan fingerprint density at radius 3 is 2.14 bits per heavy atom. The fraction of sp³-hybridized carbons (Fsp3) is 0.414. The quantitative estimate of drug-likeness (QED) is 0.509. The summed E-state index contributed by atoms with van der Waals surface area (Å²) in [7, 11) is 0. The maximum Gasteiger partial charge on any atom is 0.335 e. The summed E-state index contributed by atoms with van der Waals surface area (Å²) in [5.41, 5.74) is 2.53. The Hall–Kier alpha value is -3.61. The van der Waals surface area contributed by atoms with Crippen molar-refractivity contribution in [2.75, 3.05) is 18.1 Å². The van der Waals surface area contributed by atoms with E-state index in [2.05, 4.69) is 17.4 Å². The number of benzene rings is 2. The number of carbonyl (C=O) groups excluding carboxylic acids is 3. The predicted octanol–water partition coefficient (Wildman–Crippen LogP) is 4.59. The van der Waals surface area contributed by atoms with Crippen molar-refractivity contribution in [1.29, 1.82) is 0 Å². The third-order valence-corrected chi connectivity index (χ3v) is 8.76. The lowest BCUT2D eigenvalue weighted by atomic mass is 9.48. The molecule has 0 unspecified atom stereocenters. The number of fused-ring (bicyclic) bond motifs is 1. The second-order valence-electron chi connectivity index (χ2n) is 11.1. The van der Waals surface area contributed by atoms with Crippen LogP contribution in [0.1, 0.15) is 49.7 Å². The Balaban J connectivity index is 1.17. The van der Waals surface area contributed by atoms with Gasteiger partial charge in [0.1, 0.15) is 18.8 Å². The Kier molecular flexibility index (Phi) is 4.78. The number of hydrogen-bond donors (Lipinski definition) is 1. The molecule has 5 fully saturated rings. The molecule has 7 heteroatoms. The number of hydrogen-bond acceptors (Lipinski definition) is 5. The van der Waals surface area contributed by atoms with Crippen LogP contribution in [0.25, 0.3) is 6.08 Å². The smallest absolute Gasteiger partial charge is 0.335 e. The second-order valence-corrected chi connectivity index (χ2v) is 11.1. The van der Waals surface area contributed by atoms with Crippen LogP contribution in [-0.2, 0) is 15.0 Å². The minimum absolute atomic E-state index is 0.101. The molecule has 36 heavy (non-hydrogen) atoms. The topological polar surface area (TPSA) is 84.9 Å². The Morgan fingerprint density at radius 1 is 0.833 bits per heavy atom. The van der Waals surface area contributed by atoms with Crippen molar-refractivity contribution in [3.05, 3.63) is 59.2 Å². The SMILES string of the molecule is O=C1NC(=O)N(c2ccc(C34CC5CC(CC(C5)C3)C4)cc2)C(=O)/C1=C/c1ccc2c(c1)OCCO2. The lowest BCUT2D eigenvalue weighted by Gasteiger charge is -2.57. The van der Waals surface area contributed by atoms with Gasteiger partial charge in [-0.2, -0.15) is 0 Å². The first-order chi connectivity index (χ1) is 17.5. The van der Waals surface area contributed by atoms with Crippen molar-refractivity contribution < 1.29 is 23.9 Å². The zero-order valence-corrected chi connectivity index (χ0v) is 20.0. The molecule has 6 aliphatic rings. The molecule has 184 valence electrons. The number of amides is 4. The monoisotopic (exact) mass is 484 g/mol. The van der Waals surface area contributed by atoms with Gasteiger partial charge in [-0.1, -0.05) is 18.2 Å². The molecule has 7 nitrogen and oxygen atoms in total. The summed E-state index contributed by atoms with van der Waals surface area (Å²) >= 11 is 0. The van der Waals surface area contributed by atoms with E-state index < -0.39 is 17.8 Å². The highest BCUT2D eigenvalue weighted by Crippen LogP contribution is 2.60. The third-order valence-electron chi connectivity index (χ3n) is 8.76. The summed E-state index contributed by atoms with van der Waals surface area (Å²) < 4.78 is 11.1. The average Bonchev–Trinajstić information content (AvgIpc) is 2.86. The molecule has 2 aromatic carbocycles. The summed E-state index contributed by atoms with van der Waals surface area (Å²) in [4.78, 5) is 39.7. The minimum Gasteiger partial charge on any atom is -0.486 e. The number of ether oxygens (including phenoxy) is 2. The molecule has 1 N–H and O–H groups in total. The number of barbiturate groups is 1. The number of imide groups is 2. The van der Waals surface area contributed by atoms with E-state index in [0.717, 1.165) is 22.7 Å². The Labute approximate surface area is 209 Å². The number of rotatable bonds is 3. The van der Waals surface area contributed by atoms with Crippen molar-refractivity contribution in [3.63, 3.8) is 0 Å². The van der Waals surface area contributed by atoms with Crippen LogP contribution in [0.3, 0.4) is 0 Å². The van der Waals surface area contributed by atoms with Crippen molar-refractivity contribution >= 4 is 29.6 Å². The summed E-state index contributed by atoms with van der Waals surface area (Å²) in [5.74, 6) is 2.35. The van der Waals surface area contributed by atoms with Gasteiger partial charge in [0.25, 0.3) is 11.8 Å². The van der Waals surface area contributed by atoms with Crippen LogP contribution in [-0.4, -0.2) is 31.1 Å². The first kappa shape index (κ1) is 21.7. The lowest BCUT2D eigenvalue weighted by molar-refractivity contribution is -0.122. The van der Waals surface area contributed by atoms with E-state index >= 15 is 0 Å². The number of urea groups is 1. The van der Waals surface area contributed by atoms with Crippen LogP contribution in [0.4, 0.5) is 10.5 Å². The van der Waals surface area contributed by atoms with E-state index in [1.54, 1.807) is 18.2 Å². The Morgan fingerprint density at radius 2 is 1.47 bits per heavy atom. The second kappa shape index (κ2) is 7.95. The van der Waals surface area contributed by atoms with Gasteiger partial charge in [-0.25, -0.2) is 9.69 Å². The highest BCUT2D eigenvalue weighted by molar-refractivity contribution is 6.39. The van der Waals surface area contributed by atoms with Gasteiger partial charge < -0.3 is 9.47 Å². The molecule has 0 atom stereocenters. The van der Waals surface area contributed by atoms with Crippen LogP contribution in [0.2, 0.25) is 0 Å². The number of carbonyl (C=O) groups is 3. The third kappa shape index (κ3) is 3.44. The standard InChI is InChI=1S/C29H28N2O5/c32-26-23(12-17-1-6-24-25(13-17)36-8-7-35-24)27(33)31(28(34)30-26)22-4-2-21(3-5-22)29-14-18-9-19(15-29)11-20(10-18)16-29/h1-6,12-13,18-20H,7-11,14-16H2,(H,30,32,34)/b23-12+. The van der Waals surface area contributed by atoms with Crippen LogP contribution >= 0.6 is 0 Å². The van der Waals surface area contributed by atoms with Crippen LogP contribution in [0.15, 0.2) is 48.0 Å². The summed E-state index contributed by atoms with van der Waals surface area (Å²) in [6.07, 6.45) is 9.37. The molecule has 0 aromatic heterocycles. The van der Waals surface area contributed by atoms with Gasteiger partial charge in [0, 0.05) is 0 Å². The van der Waals surface area contributed by atoms with E-state index in [9.17, 15) is 14.4 Å². The normalized spacial score (nSPS) is 31.7. The van der Waals surface area contributed by atoms with Gasteiger partial charge in [-0.3, -0.25) is 14.9 Å². The zero-order valence-electron chi connectivity index (χ0n) is 20.0. The predicted molar refractivity (Wildman–Crippen MR) is 133 cm³/mol. The molecule has 2 aliphatic heterocycles. The first-order valence-electron chi connectivity index (χ1n) is 12.9. The van der Waals surface area contributed by atoms with E-state index in [0.29, 0.717) is 36.0 Å². The van der Waals surface area contributed by atoms with Gasteiger partial charge in [-0.15, -0.1) is 0 Å². The summed E-state index contributed by atoms with van der Waals surface area (Å²) in [5, 5.41) is 2.32. The largest absolute Gasteiger partial charge is 0.486 e. The van der Waals surface area contributed by atoms with Gasteiger partial charge >= 0.3 is 6.03 Å². The fourth-order valence-electron chi connectivity index (χ4n) is 7.64. The van der Waals surface area contributed by atoms with E-state index in [-0.39, 0.29) is 11.0 Å². The van der Waals surface area contributed by atoms with Crippen LogP contribution in [0.5, 0.6) is 11.5 Å². The summed E-state index contributed by atoms with van der Waals surface area (Å²) in [6.45, 7) is 0.918. The molecule has 4 saturated carbocycles. The lowest BCUT2D eigenvalue weighted by Crippen LogP contribution is -2.54. The van der Waals surface area contributed by atoms with Crippen molar-refractivity contribution in [1.82, 2.24) is 5.32 Å². The number of nitrogens with zero attached hydrogens (tertiary/aromatic N) is 1. The maximum atomic E-state index is 13.4. The molecule has 4 amide bonds. The number of anilines is 1. The molecule has 2 heterocycles. The molecule has 8 rings (SSSR count). The van der Waals surface area contributed by atoms with Crippen molar-refractivity contribution in [3.8, 4) is 11.5 Å². The van der Waals surface area contributed by atoms with Crippen molar-refractivity contribution in [2.24, 2.45) is 17.8 Å². The fourth-order valence-corrected chi connectivity index (χ4v) is 7.64. The summed E-state index contributed by atoms with van der Waals surface area (Å²) in [6, 6.07) is 12.4. The molecule has 0 radical (unpaired) electrons. The van der Waals surface area contributed by atoms with E-state index in [1.807, 2.05) is 12.1 Å². The van der Waals surface area contributed by atoms with Gasteiger partial charge in [-0.05, 0) is 103 Å². The van der Waals surface area contributed by atoms with Gasteiger partial charge in [0.2, 0.25) is 0 Å². The average molecular weight is 485 g/mol. The van der Waals surface area contributed by atoms with Gasteiger partial charge in [0.15, 0.2) is 11.5 Å². The van der Waals surface area contributed by atoms with Gasteiger partial charge in [0.05, 0.1) is 5.69 Å². The molecule has 4 bridgehead atoms. The van der Waals surface area contributed by atoms with E-state index in [1.165, 1.54) is 50.2 Å². The molecular formula is C29H28N2O5. The van der Waals surface area contributed by atoms with Crippen LogP contribution in [0, 0.1) is 17.8 Å². The number of nitrogens with one attached hydrogen (secondary N) is 1. The van der Waals surface area contributed by atoms with Crippen molar-refractivity contribution in [2.45, 2.75) is 43.9 Å². The molecular weight excluding hydrogens is 456 g/mol. The highest BCUT2D eigenvalue weighted by Gasteiger charge is 2.51. The zero-order chi connectivity index (χ0) is 24.4. The maximum absolute atomic E-state index is 13.4. The van der Waals surface area contributed by atoms with E-state index in [4.69, 9.17) is 9.47 Å².